The molecule has 0 bridgehead atoms. The van der Waals surface area contributed by atoms with Gasteiger partial charge in [-0.15, -0.1) is 23.2 Å². The van der Waals surface area contributed by atoms with Gasteiger partial charge in [-0.3, -0.25) is 0 Å². The lowest BCUT2D eigenvalue weighted by Gasteiger charge is -2.22. The summed E-state index contributed by atoms with van der Waals surface area (Å²) in [6, 6.07) is 7.57. The van der Waals surface area contributed by atoms with Crippen LogP contribution >= 0.6 is 23.2 Å². The van der Waals surface area contributed by atoms with E-state index in [2.05, 4.69) is 4.90 Å². The smallest absolute Gasteiger partial charge is 0.181 e. The van der Waals surface area contributed by atoms with Crippen molar-refractivity contribution in [3.05, 3.63) is 35.0 Å². The minimum Gasteiger partial charge on any atom is -0.624 e. The molecular formula is C13H18Cl2N2O2. The van der Waals surface area contributed by atoms with Crippen LogP contribution in [-0.2, 0) is 0 Å². The van der Waals surface area contributed by atoms with Crippen molar-refractivity contribution in [1.82, 2.24) is 0 Å². The third-order valence-electron chi connectivity index (χ3n) is 2.58. The highest BCUT2D eigenvalue weighted by atomic mass is 35.5. The molecule has 0 amide bonds. The van der Waals surface area contributed by atoms with Crippen molar-refractivity contribution in [1.29, 1.82) is 0 Å². The van der Waals surface area contributed by atoms with Crippen LogP contribution in [0, 0.1) is 5.21 Å². The molecule has 0 aliphatic heterocycles. The number of benzene rings is 1. The van der Waals surface area contributed by atoms with Gasteiger partial charge in [0.05, 0.1) is 0 Å². The van der Waals surface area contributed by atoms with E-state index in [9.17, 15) is 5.21 Å². The summed E-state index contributed by atoms with van der Waals surface area (Å²) in [6.45, 7) is 1.38. The number of nitrogens with zero attached hydrogens (tertiary/aromatic N) is 2. The molecule has 4 nitrogen and oxygen atoms in total. The molecule has 0 saturated carbocycles. The predicted molar refractivity (Wildman–Crippen MR) is 80.8 cm³/mol. The zero-order valence-corrected chi connectivity index (χ0v) is 12.1. The second-order valence-electron chi connectivity index (χ2n) is 3.95. The van der Waals surface area contributed by atoms with Gasteiger partial charge in [0.2, 0.25) is 0 Å². The van der Waals surface area contributed by atoms with Crippen molar-refractivity contribution in [2.24, 2.45) is 0 Å². The molecule has 0 radical (unpaired) electrons. The topological polar surface area (TPSA) is 49.5 Å². The molecule has 0 atom stereocenters. The lowest BCUT2D eigenvalue weighted by atomic mass is 10.2. The third kappa shape index (κ3) is 5.68. The Morgan fingerprint density at radius 2 is 1.74 bits per heavy atom. The van der Waals surface area contributed by atoms with E-state index in [-0.39, 0.29) is 13.2 Å². The minimum absolute atomic E-state index is 0.0758. The van der Waals surface area contributed by atoms with Crippen molar-refractivity contribution in [3.8, 4) is 0 Å². The normalized spacial score (nSPS) is 11.6. The first-order chi connectivity index (χ1) is 9.21. The number of aliphatic hydroxyl groups excluding tert-OH is 1. The van der Waals surface area contributed by atoms with Crippen LogP contribution in [0.15, 0.2) is 24.3 Å². The van der Waals surface area contributed by atoms with Crippen molar-refractivity contribution in [2.75, 3.05) is 42.9 Å². The lowest BCUT2D eigenvalue weighted by molar-refractivity contribution is -0.455. The largest absolute Gasteiger partial charge is 0.624 e. The van der Waals surface area contributed by atoms with Crippen LogP contribution in [0.25, 0.3) is 0 Å². The first-order valence-electron chi connectivity index (χ1n) is 6.07. The zero-order chi connectivity index (χ0) is 14.1. The van der Waals surface area contributed by atoms with Crippen molar-refractivity contribution < 1.29 is 9.85 Å². The van der Waals surface area contributed by atoms with Crippen molar-refractivity contribution in [2.45, 2.75) is 0 Å². The Kier molecular flexibility index (Phi) is 7.63. The maximum Gasteiger partial charge on any atom is 0.181 e. The van der Waals surface area contributed by atoms with Gasteiger partial charge in [-0.2, -0.15) is 0 Å². The number of halogens is 2. The van der Waals surface area contributed by atoms with Crippen LogP contribution in [-0.4, -0.2) is 54.1 Å². The SMILES string of the molecule is [O-]/[N+](=C\c1ccc(N(CCCl)CCCl)cc1)CCO. The van der Waals surface area contributed by atoms with E-state index < -0.39 is 0 Å². The van der Waals surface area contributed by atoms with E-state index in [0.717, 1.165) is 24.3 Å². The number of hydrogen-bond donors (Lipinski definition) is 1. The molecule has 0 spiro atoms. The van der Waals surface area contributed by atoms with Gasteiger partial charge in [0.25, 0.3) is 0 Å². The fraction of sp³-hybridized carbons (Fsp3) is 0.462. The van der Waals surface area contributed by atoms with Crippen LogP contribution in [0.4, 0.5) is 5.69 Å². The Morgan fingerprint density at radius 1 is 1.16 bits per heavy atom. The predicted octanol–water partition coefficient (Wildman–Crippen LogP) is 1.89. The van der Waals surface area contributed by atoms with E-state index in [1.807, 2.05) is 24.3 Å². The van der Waals surface area contributed by atoms with Crippen molar-refractivity contribution >= 4 is 35.1 Å². The van der Waals surface area contributed by atoms with E-state index in [4.69, 9.17) is 28.3 Å². The monoisotopic (exact) mass is 304 g/mol. The number of hydrogen-bond acceptors (Lipinski definition) is 3. The molecule has 1 aromatic rings. The fourth-order valence-electron chi connectivity index (χ4n) is 1.67. The molecule has 0 unspecified atom stereocenters. The van der Waals surface area contributed by atoms with Gasteiger partial charge in [-0.05, 0) is 24.3 Å². The summed E-state index contributed by atoms with van der Waals surface area (Å²) in [6.07, 6.45) is 1.45. The van der Waals surface area contributed by atoms with Crippen molar-refractivity contribution in [3.63, 3.8) is 0 Å². The first-order valence-corrected chi connectivity index (χ1v) is 7.14. The molecule has 1 N–H and O–H groups in total. The average molecular weight is 305 g/mol. The molecule has 6 heteroatoms. The molecular weight excluding hydrogens is 287 g/mol. The number of alkyl halides is 2. The Morgan fingerprint density at radius 3 is 2.21 bits per heavy atom. The molecule has 19 heavy (non-hydrogen) atoms. The second-order valence-corrected chi connectivity index (χ2v) is 4.71. The van der Waals surface area contributed by atoms with Gasteiger partial charge in [-0.25, -0.2) is 4.74 Å². The number of hydroxylamine groups is 1. The van der Waals surface area contributed by atoms with Crippen LogP contribution in [0.5, 0.6) is 0 Å². The van der Waals surface area contributed by atoms with Crippen LogP contribution in [0.3, 0.4) is 0 Å². The van der Waals surface area contributed by atoms with Gasteiger partial charge in [-0.1, -0.05) is 0 Å². The van der Waals surface area contributed by atoms with Gasteiger partial charge in [0.15, 0.2) is 12.8 Å². The number of aliphatic hydroxyl groups is 1. The maximum absolute atomic E-state index is 11.3. The Labute approximate surface area is 123 Å². The highest BCUT2D eigenvalue weighted by Crippen LogP contribution is 2.14. The number of rotatable bonds is 8. The summed E-state index contributed by atoms with van der Waals surface area (Å²) in [5, 5.41) is 19.9. The van der Waals surface area contributed by atoms with Gasteiger partial charge in [0, 0.05) is 36.1 Å². The summed E-state index contributed by atoms with van der Waals surface area (Å²) in [7, 11) is 0. The maximum atomic E-state index is 11.3. The van der Waals surface area contributed by atoms with Crippen LogP contribution < -0.4 is 4.90 Å². The van der Waals surface area contributed by atoms with Gasteiger partial charge < -0.3 is 15.2 Å². The molecule has 0 fully saturated rings. The van der Waals surface area contributed by atoms with E-state index >= 15 is 0 Å². The Bertz CT molecular complexity index is 390. The molecule has 0 aromatic heterocycles. The average Bonchev–Trinajstić information content (AvgIpc) is 2.40. The first kappa shape index (κ1) is 16.1. The summed E-state index contributed by atoms with van der Waals surface area (Å²) in [5.74, 6) is 1.07. The summed E-state index contributed by atoms with van der Waals surface area (Å²) >= 11 is 11.5. The molecule has 0 aliphatic rings. The molecule has 0 heterocycles. The number of anilines is 1. The molecule has 0 aliphatic carbocycles. The highest BCUT2D eigenvalue weighted by Gasteiger charge is 2.05. The van der Waals surface area contributed by atoms with E-state index in [1.165, 1.54) is 6.21 Å². The molecule has 0 saturated heterocycles. The van der Waals surface area contributed by atoms with Gasteiger partial charge >= 0.3 is 0 Å². The van der Waals surface area contributed by atoms with Crippen LogP contribution in [0.2, 0.25) is 0 Å². The Balaban J connectivity index is 2.76. The van der Waals surface area contributed by atoms with Crippen LogP contribution in [0.1, 0.15) is 5.56 Å². The summed E-state index contributed by atoms with van der Waals surface area (Å²) in [5.41, 5.74) is 1.82. The van der Waals surface area contributed by atoms with E-state index in [1.54, 1.807) is 0 Å². The zero-order valence-electron chi connectivity index (χ0n) is 10.6. The minimum atomic E-state index is -0.155. The fourth-order valence-corrected chi connectivity index (χ4v) is 2.08. The quantitative estimate of drug-likeness (QED) is 0.262. The Hall–Kier alpha value is -0.970. The highest BCUT2D eigenvalue weighted by molar-refractivity contribution is 6.18. The lowest BCUT2D eigenvalue weighted by Crippen LogP contribution is -2.27. The summed E-state index contributed by atoms with van der Waals surface area (Å²) < 4.78 is 0.713. The summed E-state index contributed by atoms with van der Waals surface area (Å²) in [4.78, 5) is 2.09. The molecule has 1 aromatic carbocycles. The molecule has 106 valence electrons. The molecule has 1 rings (SSSR count). The second kappa shape index (κ2) is 9.02. The van der Waals surface area contributed by atoms with E-state index in [0.29, 0.717) is 16.5 Å². The van der Waals surface area contributed by atoms with Gasteiger partial charge in [0.1, 0.15) is 6.61 Å². The standard InChI is InChI=1S/C13H18Cl2N2O2/c14-5-7-16(8-6-15)13-3-1-12(2-4-13)11-17(19)9-10-18/h1-4,11,18H,5-10H2/b17-11-. The third-order valence-corrected chi connectivity index (χ3v) is 2.92.